The molecule has 0 aliphatic carbocycles. The van der Waals surface area contributed by atoms with Gasteiger partial charge in [-0.1, -0.05) is 25.4 Å². The molecule has 0 bridgehead atoms. The minimum atomic E-state index is -0.141. The van der Waals surface area contributed by atoms with E-state index in [9.17, 15) is 4.79 Å². The SMILES string of the molecule is CC(C)C1CC2C(CNC(=O)c3cc(Cl)c(N)c4cccnc34)N2C1. The van der Waals surface area contributed by atoms with Gasteiger partial charge in [-0.05, 0) is 36.5 Å². The highest BCUT2D eigenvalue weighted by molar-refractivity contribution is 6.35. The zero-order chi connectivity index (χ0) is 17.7. The number of rotatable bonds is 4. The fraction of sp³-hybridized carbons (Fsp3) is 0.474. The molecule has 5 nitrogen and oxygen atoms in total. The van der Waals surface area contributed by atoms with E-state index in [4.69, 9.17) is 17.3 Å². The molecule has 0 spiro atoms. The Morgan fingerprint density at radius 1 is 1.52 bits per heavy atom. The van der Waals surface area contributed by atoms with Crippen LogP contribution >= 0.6 is 11.6 Å². The van der Waals surface area contributed by atoms with Crippen molar-refractivity contribution in [3.63, 3.8) is 0 Å². The molecule has 2 saturated heterocycles. The van der Waals surface area contributed by atoms with Gasteiger partial charge >= 0.3 is 0 Å². The minimum absolute atomic E-state index is 0.141. The lowest BCUT2D eigenvalue weighted by Gasteiger charge is -2.17. The van der Waals surface area contributed by atoms with Crippen LogP contribution in [-0.4, -0.2) is 41.0 Å². The van der Waals surface area contributed by atoms with E-state index in [1.807, 2.05) is 6.07 Å². The molecule has 2 aliphatic rings. The number of halogens is 1. The lowest BCUT2D eigenvalue weighted by molar-refractivity contribution is 0.0953. The molecule has 25 heavy (non-hydrogen) atoms. The molecule has 1 aromatic carbocycles. The first-order chi connectivity index (χ1) is 12.0. The number of nitrogens with zero attached hydrogens (tertiary/aromatic N) is 2. The fourth-order valence-electron chi connectivity index (χ4n) is 4.05. The summed E-state index contributed by atoms with van der Waals surface area (Å²) < 4.78 is 0. The van der Waals surface area contributed by atoms with Gasteiger partial charge < -0.3 is 11.1 Å². The van der Waals surface area contributed by atoms with Crippen molar-refractivity contribution in [2.75, 3.05) is 18.8 Å². The summed E-state index contributed by atoms with van der Waals surface area (Å²) in [6.07, 6.45) is 2.91. The van der Waals surface area contributed by atoms with E-state index in [-0.39, 0.29) is 5.91 Å². The molecule has 1 amide bonds. The van der Waals surface area contributed by atoms with Gasteiger partial charge in [-0.2, -0.15) is 0 Å². The Labute approximate surface area is 152 Å². The predicted molar refractivity (Wildman–Crippen MR) is 101 cm³/mol. The summed E-state index contributed by atoms with van der Waals surface area (Å²) in [5.41, 5.74) is 7.55. The molecular weight excluding hydrogens is 336 g/mol. The maximum Gasteiger partial charge on any atom is 0.253 e. The van der Waals surface area contributed by atoms with Gasteiger partial charge in [0, 0.05) is 36.8 Å². The topological polar surface area (TPSA) is 71.0 Å². The van der Waals surface area contributed by atoms with Gasteiger partial charge in [0.1, 0.15) is 0 Å². The van der Waals surface area contributed by atoms with E-state index in [1.54, 1.807) is 18.3 Å². The van der Waals surface area contributed by atoms with Crippen LogP contribution in [0.2, 0.25) is 5.02 Å². The predicted octanol–water partition coefficient (Wildman–Crippen LogP) is 2.93. The molecule has 4 unspecified atom stereocenters. The number of amides is 1. The lowest BCUT2D eigenvalue weighted by atomic mass is 9.92. The Kier molecular flexibility index (Phi) is 4.08. The smallest absolute Gasteiger partial charge is 0.253 e. The van der Waals surface area contributed by atoms with Crippen molar-refractivity contribution >= 4 is 34.1 Å². The standard InChI is InChI=1S/C19H23ClN4O/c1-10(2)11-6-15-16(24(15)9-11)8-23-19(25)13-7-14(20)17(21)12-4-3-5-22-18(12)13/h3-5,7,10-11,15-16H,6,8-9,21H2,1-2H3,(H,23,25). The molecule has 0 radical (unpaired) electrons. The number of benzene rings is 1. The highest BCUT2D eigenvalue weighted by Crippen LogP contribution is 2.43. The largest absolute Gasteiger partial charge is 0.397 e. The monoisotopic (exact) mass is 358 g/mol. The second-order valence-corrected chi connectivity index (χ2v) is 7.91. The zero-order valence-electron chi connectivity index (χ0n) is 14.5. The normalized spacial score (nSPS) is 27.5. The fourth-order valence-corrected chi connectivity index (χ4v) is 4.26. The Morgan fingerprint density at radius 3 is 3.00 bits per heavy atom. The average Bonchev–Trinajstić information content (AvgIpc) is 3.04. The molecule has 4 atom stereocenters. The first-order valence-electron chi connectivity index (χ1n) is 8.84. The number of nitrogen functional groups attached to an aromatic ring is 1. The Morgan fingerprint density at radius 2 is 2.32 bits per heavy atom. The quantitative estimate of drug-likeness (QED) is 0.651. The van der Waals surface area contributed by atoms with Crippen LogP contribution in [0.5, 0.6) is 0 Å². The molecule has 2 fully saturated rings. The summed E-state index contributed by atoms with van der Waals surface area (Å²) in [7, 11) is 0. The van der Waals surface area contributed by atoms with Gasteiger partial charge in [-0.3, -0.25) is 14.7 Å². The number of anilines is 1. The van der Waals surface area contributed by atoms with E-state index in [2.05, 4.69) is 29.0 Å². The van der Waals surface area contributed by atoms with Crippen LogP contribution in [0.1, 0.15) is 30.6 Å². The molecule has 1 aromatic heterocycles. The first-order valence-corrected chi connectivity index (χ1v) is 9.21. The van der Waals surface area contributed by atoms with Gasteiger partial charge in [0.15, 0.2) is 0 Å². The Hall–Kier alpha value is -1.85. The van der Waals surface area contributed by atoms with Gasteiger partial charge in [0.2, 0.25) is 0 Å². The number of nitrogens with two attached hydrogens (primary N) is 1. The third-order valence-electron chi connectivity index (χ3n) is 5.74. The van der Waals surface area contributed by atoms with E-state index in [0.717, 1.165) is 18.4 Å². The molecule has 0 saturated carbocycles. The van der Waals surface area contributed by atoms with Crippen LogP contribution in [-0.2, 0) is 0 Å². The summed E-state index contributed by atoms with van der Waals surface area (Å²) in [5.74, 6) is 1.38. The third-order valence-corrected chi connectivity index (χ3v) is 6.05. The molecule has 2 aliphatic heterocycles. The molecular formula is C19H23ClN4O. The maximum absolute atomic E-state index is 12.7. The summed E-state index contributed by atoms with van der Waals surface area (Å²) in [4.78, 5) is 19.5. The first kappa shape index (κ1) is 16.6. The minimum Gasteiger partial charge on any atom is -0.397 e. The van der Waals surface area contributed by atoms with E-state index in [0.29, 0.717) is 45.8 Å². The third kappa shape index (κ3) is 2.85. The molecule has 3 N–H and O–H groups in total. The number of nitrogens with one attached hydrogen (secondary N) is 1. The van der Waals surface area contributed by atoms with Crippen LogP contribution < -0.4 is 11.1 Å². The second kappa shape index (κ2) is 6.15. The summed E-state index contributed by atoms with van der Waals surface area (Å²) in [6.45, 7) is 6.40. The summed E-state index contributed by atoms with van der Waals surface area (Å²) in [6, 6.07) is 6.36. The number of aromatic nitrogens is 1. The number of hydrogen-bond donors (Lipinski definition) is 2. The van der Waals surface area contributed by atoms with Crippen molar-refractivity contribution in [1.29, 1.82) is 0 Å². The van der Waals surface area contributed by atoms with Crippen molar-refractivity contribution in [2.45, 2.75) is 32.4 Å². The number of hydrogen-bond acceptors (Lipinski definition) is 4. The van der Waals surface area contributed by atoms with Crippen LogP contribution in [0.25, 0.3) is 10.9 Å². The molecule has 2 aromatic rings. The van der Waals surface area contributed by atoms with Gasteiger partial charge in [0.25, 0.3) is 5.91 Å². The highest BCUT2D eigenvalue weighted by Gasteiger charge is 2.53. The van der Waals surface area contributed by atoms with Gasteiger partial charge in [-0.15, -0.1) is 0 Å². The van der Waals surface area contributed by atoms with Crippen LogP contribution in [0.15, 0.2) is 24.4 Å². The summed E-state index contributed by atoms with van der Waals surface area (Å²) in [5, 5.41) is 4.15. The second-order valence-electron chi connectivity index (χ2n) is 7.50. The van der Waals surface area contributed by atoms with Gasteiger partial charge in [0.05, 0.1) is 21.8 Å². The van der Waals surface area contributed by atoms with Crippen LogP contribution in [0.3, 0.4) is 0 Å². The number of fused-ring (bicyclic) bond motifs is 2. The number of piperidine rings is 1. The number of carbonyl (C=O) groups is 1. The van der Waals surface area contributed by atoms with Crippen molar-refractivity contribution in [2.24, 2.45) is 11.8 Å². The Bertz CT molecular complexity index is 826. The van der Waals surface area contributed by atoms with Crippen LogP contribution in [0, 0.1) is 11.8 Å². The lowest BCUT2D eigenvalue weighted by Crippen LogP contribution is -2.31. The zero-order valence-corrected chi connectivity index (χ0v) is 15.3. The van der Waals surface area contributed by atoms with Crippen molar-refractivity contribution in [3.05, 3.63) is 35.0 Å². The van der Waals surface area contributed by atoms with E-state index >= 15 is 0 Å². The maximum atomic E-state index is 12.7. The highest BCUT2D eigenvalue weighted by atomic mass is 35.5. The van der Waals surface area contributed by atoms with Crippen molar-refractivity contribution in [1.82, 2.24) is 15.2 Å². The molecule has 6 heteroatoms. The molecule has 4 rings (SSSR count). The van der Waals surface area contributed by atoms with Crippen LogP contribution in [0.4, 0.5) is 5.69 Å². The van der Waals surface area contributed by atoms with E-state index < -0.39 is 0 Å². The van der Waals surface area contributed by atoms with E-state index in [1.165, 1.54) is 6.42 Å². The molecule has 132 valence electrons. The van der Waals surface area contributed by atoms with Crippen molar-refractivity contribution < 1.29 is 4.79 Å². The van der Waals surface area contributed by atoms with Crippen molar-refractivity contribution in [3.8, 4) is 0 Å². The Balaban J connectivity index is 1.45. The average molecular weight is 359 g/mol. The molecule has 3 heterocycles. The number of carbonyl (C=O) groups excluding carboxylic acids is 1. The van der Waals surface area contributed by atoms with Gasteiger partial charge in [-0.25, -0.2) is 0 Å². The number of pyridine rings is 1. The summed E-state index contributed by atoms with van der Waals surface area (Å²) >= 11 is 6.19.